The van der Waals surface area contributed by atoms with Crippen LogP contribution in [0.2, 0.25) is 0 Å². The van der Waals surface area contributed by atoms with Gasteiger partial charge in [-0.1, -0.05) is 0 Å². The number of amides is 1. The average molecular weight is 271 g/mol. The Balaban J connectivity index is 1.90. The van der Waals surface area contributed by atoms with Crippen LogP contribution < -0.4 is 0 Å². The highest BCUT2D eigenvalue weighted by molar-refractivity contribution is 5.83. The van der Waals surface area contributed by atoms with Crippen molar-refractivity contribution in [1.29, 1.82) is 0 Å². The van der Waals surface area contributed by atoms with Gasteiger partial charge in [-0.3, -0.25) is 4.79 Å². The van der Waals surface area contributed by atoms with Gasteiger partial charge in [0.05, 0.1) is 0 Å². The number of carbonyl (C=O) groups excluding carboxylic acids is 1. The minimum atomic E-state index is -0.992. The number of nitrogens with zero attached hydrogens (tertiary/aromatic N) is 1. The Kier molecular flexibility index (Phi) is 4.76. The summed E-state index contributed by atoms with van der Waals surface area (Å²) in [6, 6.07) is 0.173. The zero-order valence-electron chi connectivity index (χ0n) is 11.0. The number of likely N-dealkylation sites (tertiary alicyclic amines) is 1. The summed E-state index contributed by atoms with van der Waals surface area (Å²) in [6.07, 6.45) is 2.87. The maximum atomic E-state index is 12.3. The molecule has 108 valence electrons. The Morgan fingerprint density at radius 2 is 1.95 bits per heavy atom. The fraction of sp³-hybridized carbons (Fsp3) is 0.846. The predicted octanol–water partition coefficient (Wildman–Crippen LogP) is 0.382. The van der Waals surface area contributed by atoms with E-state index >= 15 is 0 Å². The van der Waals surface area contributed by atoms with Crippen molar-refractivity contribution in [3.05, 3.63) is 0 Å². The molecule has 0 aliphatic carbocycles. The molecule has 3 atom stereocenters. The van der Waals surface area contributed by atoms with Crippen LogP contribution in [-0.4, -0.2) is 58.4 Å². The van der Waals surface area contributed by atoms with Crippen LogP contribution in [0.15, 0.2) is 0 Å². The molecule has 0 aromatic rings. The van der Waals surface area contributed by atoms with Gasteiger partial charge >= 0.3 is 5.97 Å². The maximum absolute atomic E-state index is 12.3. The number of carbonyl (C=O) groups is 2. The number of ether oxygens (including phenoxy) is 1. The van der Waals surface area contributed by atoms with Crippen molar-refractivity contribution >= 4 is 11.9 Å². The van der Waals surface area contributed by atoms with Gasteiger partial charge in [0.25, 0.3) is 5.91 Å². The molecule has 0 radical (unpaired) electrons. The van der Waals surface area contributed by atoms with Gasteiger partial charge in [-0.15, -0.1) is 0 Å². The topological polar surface area (TPSA) is 87.1 Å². The number of hydrogen-bond acceptors (Lipinski definition) is 4. The highest BCUT2D eigenvalue weighted by Gasteiger charge is 2.39. The molecule has 19 heavy (non-hydrogen) atoms. The first-order chi connectivity index (χ1) is 9.13. The number of aliphatic hydroxyl groups is 1. The number of hydrogen-bond donors (Lipinski definition) is 2. The van der Waals surface area contributed by atoms with E-state index in [9.17, 15) is 9.59 Å². The quantitative estimate of drug-likeness (QED) is 0.755. The van der Waals surface area contributed by atoms with Gasteiger partial charge in [-0.25, -0.2) is 4.79 Å². The summed E-state index contributed by atoms with van der Waals surface area (Å²) < 4.78 is 5.31. The lowest BCUT2D eigenvalue weighted by Crippen LogP contribution is -2.42. The van der Waals surface area contributed by atoms with Crippen molar-refractivity contribution in [2.75, 3.05) is 13.2 Å². The SMILES string of the molecule is O=C(O)[C@H]1CC[C@@H](C(=O)N2CCCC2CCCO)O1. The number of aliphatic carboxylic acids is 1. The normalized spacial score (nSPS) is 30.8. The van der Waals surface area contributed by atoms with Crippen molar-refractivity contribution < 1.29 is 24.5 Å². The van der Waals surface area contributed by atoms with Crippen LogP contribution in [0, 0.1) is 0 Å². The monoisotopic (exact) mass is 271 g/mol. The molecule has 2 aliphatic heterocycles. The molecule has 0 bridgehead atoms. The van der Waals surface area contributed by atoms with Gasteiger partial charge in [0, 0.05) is 19.2 Å². The molecule has 2 N–H and O–H groups in total. The van der Waals surface area contributed by atoms with Gasteiger partial charge in [-0.2, -0.15) is 0 Å². The van der Waals surface area contributed by atoms with E-state index in [0.717, 1.165) is 19.3 Å². The molecule has 2 rings (SSSR count). The second-order valence-electron chi connectivity index (χ2n) is 5.22. The van der Waals surface area contributed by atoms with Gasteiger partial charge in [-0.05, 0) is 38.5 Å². The Hall–Kier alpha value is -1.14. The van der Waals surface area contributed by atoms with E-state index in [-0.39, 0.29) is 18.6 Å². The van der Waals surface area contributed by atoms with Crippen LogP contribution in [-0.2, 0) is 14.3 Å². The number of rotatable bonds is 5. The van der Waals surface area contributed by atoms with Crippen molar-refractivity contribution in [3.8, 4) is 0 Å². The van der Waals surface area contributed by atoms with Crippen molar-refractivity contribution in [2.45, 2.75) is 56.8 Å². The lowest BCUT2D eigenvalue weighted by atomic mass is 10.1. The molecule has 0 aromatic carbocycles. The third-order valence-corrected chi connectivity index (χ3v) is 3.93. The number of aliphatic hydroxyl groups excluding tert-OH is 1. The molecule has 6 heteroatoms. The van der Waals surface area contributed by atoms with Crippen LogP contribution in [0.1, 0.15) is 38.5 Å². The summed E-state index contributed by atoms with van der Waals surface area (Å²) in [5.41, 5.74) is 0. The molecule has 2 fully saturated rings. The Morgan fingerprint density at radius 1 is 1.21 bits per heavy atom. The first-order valence-corrected chi connectivity index (χ1v) is 6.93. The molecule has 0 saturated carbocycles. The summed E-state index contributed by atoms with van der Waals surface area (Å²) in [5.74, 6) is -1.07. The van der Waals surface area contributed by atoms with E-state index in [4.69, 9.17) is 14.9 Å². The van der Waals surface area contributed by atoms with Crippen LogP contribution in [0.5, 0.6) is 0 Å². The minimum absolute atomic E-state index is 0.0795. The summed E-state index contributed by atoms with van der Waals surface area (Å²) >= 11 is 0. The zero-order valence-corrected chi connectivity index (χ0v) is 11.0. The van der Waals surface area contributed by atoms with Crippen LogP contribution >= 0.6 is 0 Å². The van der Waals surface area contributed by atoms with E-state index in [2.05, 4.69) is 0 Å². The molecule has 1 amide bonds. The minimum Gasteiger partial charge on any atom is -0.479 e. The van der Waals surface area contributed by atoms with E-state index in [1.807, 2.05) is 4.90 Å². The van der Waals surface area contributed by atoms with Crippen molar-refractivity contribution in [1.82, 2.24) is 4.90 Å². The van der Waals surface area contributed by atoms with Gasteiger partial charge in [0.1, 0.15) is 6.10 Å². The Morgan fingerprint density at radius 3 is 2.58 bits per heavy atom. The van der Waals surface area contributed by atoms with Crippen LogP contribution in [0.25, 0.3) is 0 Å². The van der Waals surface area contributed by atoms with E-state index in [1.165, 1.54) is 0 Å². The molecule has 1 unspecified atom stereocenters. The summed E-state index contributed by atoms with van der Waals surface area (Å²) in [5, 5.41) is 17.7. The summed E-state index contributed by atoms with van der Waals surface area (Å²) in [7, 11) is 0. The third-order valence-electron chi connectivity index (χ3n) is 3.93. The van der Waals surface area contributed by atoms with E-state index < -0.39 is 18.2 Å². The Bertz CT molecular complexity index is 346. The highest BCUT2D eigenvalue weighted by Crippen LogP contribution is 2.27. The van der Waals surface area contributed by atoms with Gasteiger partial charge < -0.3 is 19.8 Å². The molecule has 2 saturated heterocycles. The Labute approximate surface area is 112 Å². The first-order valence-electron chi connectivity index (χ1n) is 6.93. The standard InChI is InChI=1S/C13H21NO5/c15-8-2-4-9-3-1-7-14(9)12(16)10-5-6-11(19-10)13(17)18/h9-11,15H,1-8H2,(H,17,18)/t9?,10-,11+/m0/s1. The predicted molar refractivity (Wildman–Crippen MR) is 66.6 cm³/mol. The third kappa shape index (κ3) is 3.25. The highest BCUT2D eigenvalue weighted by atomic mass is 16.5. The zero-order chi connectivity index (χ0) is 13.8. The van der Waals surface area contributed by atoms with Crippen LogP contribution in [0.3, 0.4) is 0 Å². The average Bonchev–Trinajstić information content (AvgIpc) is 3.04. The number of carboxylic acid groups (broad SMARTS) is 1. The van der Waals surface area contributed by atoms with Crippen molar-refractivity contribution in [2.24, 2.45) is 0 Å². The molecular formula is C13H21NO5. The summed E-state index contributed by atoms with van der Waals surface area (Å²) in [6.45, 7) is 0.853. The smallest absolute Gasteiger partial charge is 0.332 e. The maximum Gasteiger partial charge on any atom is 0.332 e. The fourth-order valence-corrected chi connectivity index (χ4v) is 2.94. The molecule has 0 spiro atoms. The van der Waals surface area contributed by atoms with Crippen LogP contribution in [0.4, 0.5) is 0 Å². The molecule has 2 heterocycles. The molecule has 0 aromatic heterocycles. The van der Waals surface area contributed by atoms with Gasteiger partial charge in [0.2, 0.25) is 0 Å². The lowest BCUT2D eigenvalue weighted by molar-refractivity contribution is -0.155. The van der Waals surface area contributed by atoms with E-state index in [0.29, 0.717) is 25.8 Å². The second kappa shape index (κ2) is 6.34. The van der Waals surface area contributed by atoms with Crippen molar-refractivity contribution in [3.63, 3.8) is 0 Å². The van der Waals surface area contributed by atoms with Gasteiger partial charge in [0.15, 0.2) is 6.10 Å². The first kappa shape index (κ1) is 14.3. The second-order valence-corrected chi connectivity index (χ2v) is 5.22. The fourth-order valence-electron chi connectivity index (χ4n) is 2.94. The number of carboxylic acids is 1. The lowest BCUT2D eigenvalue weighted by Gasteiger charge is -2.27. The molecule has 2 aliphatic rings. The molecule has 6 nitrogen and oxygen atoms in total. The van der Waals surface area contributed by atoms with E-state index in [1.54, 1.807) is 0 Å². The molecular weight excluding hydrogens is 250 g/mol. The summed E-state index contributed by atoms with van der Waals surface area (Å²) in [4.78, 5) is 25.0. The largest absolute Gasteiger partial charge is 0.479 e.